The fourth-order valence-corrected chi connectivity index (χ4v) is 4.20. The van der Waals surface area contributed by atoms with Gasteiger partial charge in [-0.05, 0) is 54.4 Å². The monoisotopic (exact) mass is 419 g/mol. The highest BCUT2D eigenvalue weighted by atomic mass is 32.2. The smallest absolute Gasteiger partial charge is 0.127 e. The minimum atomic E-state index is -1.05. The predicted octanol–water partition coefficient (Wildman–Crippen LogP) is 5.82. The van der Waals surface area contributed by atoms with Gasteiger partial charge in [-0.15, -0.1) is 0 Å². The maximum absolute atomic E-state index is 12.1. The van der Waals surface area contributed by atoms with Gasteiger partial charge >= 0.3 is 0 Å². The van der Waals surface area contributed by atoms with Crippen LogP contribution in [0.15, 0.2) is 72.8 Å². The van der Waals surface area contributed by atoms with Crippen LogP contribution in [0.4, 0.5) is 5.69 Å². The van der Waals surface area contributed by atoms with Gasteiger partial charge in [0.2, 0.25) is 0 Å². The molecule has 0 aliphatic carbocycles. The summed E-state index contributed by atoms with van der Waals surface area (Å²) < 4.78 is 21.0. The molecule has 3 aromatic carbocycles. The van der Waals surface area contributed by atoms with Crippen molar-refractivity contribution in [3.63, 3.8) is 0 Å². The van der Waals surface area contributed by atoms with Crippen LogP contribution in [-0.4, -0.2) is 19.9 Å². The number of aromatic nitrogens is 2. The lowest BCUT2D eigenvalue weighted by Crippen LogP contribution is -2.08. The number of nitrogens with one attached hydrogen (secondary N) is 2. The Labute approximate surface area is 179 Å². The molecule has 6 heteroatoms. The van der Waals surface area contributed by atoms with Gasteiger partial charge < -0.3 is 14.4 Å². The van der Waals surface area contributed by atoms with Gasteiger partial charge in [-0.2, -0.15) is 0 Å². The number of para-hydroxylation sites is 1. The summed E-state index contributed by atoms with van der Waals surface area (Å²) in [5, 5.41) is 0. The lowest BCUT2D eigenvalue weighted by molar-refractivity contribution is 0.482. The first kappa shape index (κ1) is 20.2. The van der Waals surface area contributed by atoms with Crippen molar-refractivity contribution < 1.29 is 8.95 Å². The van der Waals surface area contributed by atoms with E-state index in [9.17, 15) is 4.21 Å². The van der Waals surface area contributed by atoms with E-state index in [1.807, 2.05) is 60.7 Å². The van der Waals surface area contributed by atoms with E-state index in [-0.39, 0.29) is 0 Å². The maximum atomic E-state index is 12.1. The average molecular weight is 420 g/mol. The van der Waals surface area contributed by atoms with E-state index in [4.69, 9.17) is 4.74 Å². The van der Waals surface area contributed by atoms with Gasteiger partial charge in [0, 0.05) is 17.9 Å². The number of unbranched alkanes of at least 4 members (excludes halogenated alkanes) is 1. The molecule has 1 unspecified atom stereocenters. The molecular formula is C24H25N3O2S. The third-order valence-corrected chi connectivity index (χ3v) is 5.84. The Morgan fingerprint density at radius 2 is 1.77 bits per heavy atom. The van der Waals surface area contributed by atoms with Crippen LogP contribution in [0.25, 0.3) is 11.0 Å². The molecule has 0 saturated carbocycles. The summed E-state index contributed by atoms with van der Waals surface area (Å²) in [6, 6.07) is 23.6. The Balaban J connectivity index is 1.41. The van der Waals surface area contributed by atoms with E-state index in [0.717, 1.165) is 52.4 Å². The van der Waals surface area contributed by atoms with Gasteiger partial charge in [0.25, 0.3) is 0 Å². The molecule has 1 atom stereocenters. The summed E-state index contributed by atoms with van der Waals surface area (Å²) in [5.74, 6) is 3.18. The third kappa shape index (κ3) is 5.27. The number of H-pyrrole nitrogens is 1. The second kappa shape index (κ2) is 9.59. The molecule has 2 N–H and O–H groups in total. The summed E-state index contributed by atoms with van der Waals surface area (Å²) in [4.78, 5) is 8.05. The molecule has 0 bridgehead atoms. The fraction of sp³-hybridized carbons (Fsp3) is 0.208. The van der Waals surface area contributed by atoms with Gasteiger partial charge in [-0.25, -0.2) is 9.19 Å². The molecule has 0 saturated heterocycles. The van der Waals surface area contributed by atoms with Crippen molar-refractivity contribution in [2.24, 2.45) is 0 Å². The molecule has 4 aromatic rings. The van der Waals surface area contributed by atoms with Crippen LogP contribution in [0.3, 0.4) is 0 Å². The summed E-state index contributed by atoms with van der Waals surface area (Å²) in [6.45, 7) is 2.10. The van der Waals surface area contributed by atoms with Crippen molar-refractivity contribution in [2.45, 2.75) is 26.2 Å². The molecule has 0 amide bonds. The van der Waals surface area contributed by atoms with Crippen molar-refractivity contribution in [3.8, 4) is 11.5 Å². The number of rotatable bonds is 9. The second-order valence-corrected chi connectivity index (χ2v) is 8.46. The number of fused-ring (bicyclic) bond motifs is 1. The van der Waals surface area contributed by atoms with Crippen LogP contribution >= 0.6 is 0 Å². The van der Waals surface area contributed by atoms with Crippen molar-refractivity contribution in [1.29, 1.82) is 0 Å². The first-order valence-corrected chi connectivity index (χ1v) is 11.5. The lowest BCUT2D eigenvalue weighted by Gasteiger charge is -2.06. The van der Waals surface area contributed by atoms with Crippen molar-refractivity contribution in [3.05, 3.63) is 84.2 Å². The lowest BCUT2D eigenvalue weighted by atomic mass is 10.1. The first-order chi connectivity index (χ1) is 14.7. The van der Waals surface area contributed by atoms with Crippen LogP contribution < -0.4 is 9.46 Å². The van der Waals surface area contributed by atoms with Gasteiger partial charge in [0.1, 0.15) is 28.3 Å². The van der Waals surface area contributed by atoms with Crippen LogP contribution in [0, 0.1) is 0 Å². The Kier molecular flexibility index (Phi) is 6.44. The summed E-state index contributed by atoms with van der Waals surface area (Å²) in [7, 11) is -1.05. The number of ether oxygens (including phenoxy) is 1. The first-order valence-electron chi connectivity index (χ1n) is 10.1. The molecule has 0 aliphatic heterocycles. The van der Waals surface area contributed by atoms with Gasteiger partial charge in [-0.3, -0.25) is 0 Å². The molecule has 0 radical (unpaired) electrons. The Bertz CT molecular complexity index is 1120. The summed E-state index contributed by atoms with van der Waals surface area (Å²) >= 11 is 0. The fourth-order valence-electron chi connectivity index (χ4n) is 3.16. The molecule has 5 nitrogen and oxygen atoms in total. The van der Waals surface area contributed by atoms with Crippen LogP contribution in [-0.2, 0) is 17.4 Å². The number of benzene rings is 3. The van der Waals surface area contributed by atoms with Crippen LogP contribution in [0.2, 0.25) is 0 Å². The van der Waals surface area contributed by atoms with Crippen molar-refractivity contribution in [1.82, 2.24) is 9.97 Å². The number of nitrogens with zero attached hydrogens (tertiary/aromatic N) is 1. The van der Waals surface area contributed by atoms with E-state index in [1.54, 1.807) is 0 Å². The van der Waals surface area contributed by atoms with Crippen molar-refractivity contribution >= 4 is 27.7 Å². The Morgan fingerprint density at radius 1 is 1.00 bits per heavy atom. The SMILES string of the molecule is CCCCS(=O)Nc1ccc2nc(Cc3ccc(Oc4ccccc4)cc3)[nH]c2c1. The second-order valence-electron chi connectivity index (χ2n) is 7.16. The molecular weight excluding hydrogens is 394 g/mol. The largest absolute Gasteiger partial charge is 0.457 e. The van der Waals surface area contributed by atoms with E-state index in [0.29, 0.717) is 12.2 Å². The van der Waals surface area contributed by atoms with E-state index in [1.165, 1.54) is 0 Å². The third-order valence-electron chi connectivity index (χ3n) is 4.72. The van der Waals surface area contributed by atoms with Gasteiger partial charge in [0.15, 0.2) is 0 Å². The zero-order chi connectivity index (χ0) is 20.8. The Morgan fingerprint density at radius 3 is 2.53 bits per heavy atom. The van der Waals surface area contributed by atoms with E-state index >= 15 is 0 Å². The highest BCUT2D eigenvalue weighted by molar-refractivity contribution is 7.86. The molecule has 0 fully saturated rings. The molecule has 154 valence electrons. The number of imidazole rings is 1. The van der Waals surface area contributed by atoms with E-state index in [2.05, 4.69) is 33.7 Å². The van der Waals surface area contributed by atoms with Gasteiger partial charge in [-0.1, -0.05) is 43.7 Å². The summed E-state index contributed by atoms with van der Waals surface area (Å²) in [5.41, 5.74) is 3.83. The molecule has 1 heterocycles. The summed E-state index contributed by atoms with van der Waals surface area (Å²) in [6.07, 6.45) is 2.69. The van der Waals surface area contributed by atoms with E-state index < -0.39 is 11.0 Å². The average Bonchev–Trinajstić information content (AvgIpc) is 3.16. The number of aromatic amines is 1. The Hall–Kier alpha value is -3.12. The maximum Gasteiger partial charge on any atom is 0.127 e. The molecule has 0 aliphatic rings. The van der Waals surface area contributed by atoms with Crippen LogP contribution in [0.1, 0.15) is 31.2 Å². The molecule has 0 spiro atoms. The molecule has 30 heavy (non-hydrogen) atoms. The highest BCUT2D eigenvalue weighted by Gasteiger charge is 2.07. The minimum absolute atomic E-state index is 0.659. The standard InChI is InChI=1S/C24H25N3O2S/c1-2-3-15-30(28)27-19-11-14-22-23(17-19)26-24(25-22)16-18-9-12-21(13-10-18)29-20-7-5-4-6-8-20/h4-14,17,27H,2-3,15-16H2,1H3,(H,25,26). The normalized spacial score (nSPS) is 12.0. The van der Waals surface area contributed by atoms with Gasteiger partial charge in [0.05, 0.1) is 11.0 Å². The van der Waals surface area contributed by atoms with Crippen molar-refractivity contribution in [2.75, 3.05) is 10.5 Å². The zero-order valence-electron chi connectivity index (χ0n) is 16.9. The topological polar surface area (TPSA) is 67.0 Å². The number of hydrogen-bond donors (Lipinski definition) is 2. The van der Waals surface area contributed by atoms with Crippen LogP contribution in [0.5, 0.6) is 11.5 Å². The molecule has 1 aromatic heterocycles. The predicted molar refractivity (Wildman–Crippen MR) is 123 cm³/mol. The molecule has 4 rings (SSSR count). The number of hydrogen-bond acceptors (Lipinski definition) is 3. The quantitative estimate of drug-likeness (QED) is 0.359. The number of anilines is 1. The minimum Gasteiger partial charge on any atom is -0.457 e. The zero-order valence-corrected chi connectivity index (χ0v) is 17.7. The highest BCUT2D eigenvalue weighted by Crippen LogP contribution is 2.23.